The normalized spacial score (nSPS) is 10.4. The number of benzene rings is 3. The van der Waals surface area contributed by atoms with Crippen molar-refractivity contribution in [1.82, 2.24) is 0 Å². The van der Waals surface area contributed by atoms with Crippen LogP contribution in [0.2, 0.25) is 0 Å². The average molecular weight is 326 g/mol. The molecule has 0 N–H and O–H groups in total. The van der Waals surface area contributed by atoms with Crippen LogP contribution in [0.1, 0.15) is 12.0 Å². The molecule has 0 spiro atoms. The van der Waals surface area contributed by atoms with E-state index in [-0.39, 0.29) is 0 Å². The van der Waals surface area contributed by atoms with Crippen molar-refractivity contribution >= 4 is 0 Å². The van der Waals surface area contributed by atoms with Crippen LogP contribution < -0.4 is 0 Å². The van der Waals surface area contributed by atoms with E-state index in [2.05, 4.69) is 72.7 Å². The Labute approximate surface area is 150 Å². The standard InChI is InChI=1S/C24H22O/c1-2-3-17-25-18-16-22-14-15-23(20-10-6-4-7-11-20)19-24(22)21-12-8-5-9-13-21/h1,4-15,19H,3,16-18H2. The SMILES string of the molecule is C#CCCOCCc1ccc(-c2ccccc2)cc1-c1ccccc1. The van der Waals surface area contributed by atoms with Crippen molar-refractivity contribution in [2.45, 2.75) is 12.8 Å². The summed E-state index contributed by atoms with van der Waals surface area (Å²) in [6, 6.07) is 27.7. The Morgan fingerprint density at radius 1 is 0.720 bits per heavy atom. The topological polar surface area (TPSA) is 9.23 Å². The summed E-state index contributed by atoms with van der Waals surface area (Å²) in [6.07, 6.45) is 6.81. The fraction of sp³-hybridized carbons (Fsp3) is 0.167. The molecule has 0 radical (unpaired) electrons. The first-order valence-electron chi connectivity index (χ1n) is 8.63. The van der Waals surface area contributed by atoms with E-state index in [9.17, 15) is 0 Å². The van der Waals surface area contributed by atoms with Gasteiger partial charge in [-0.25, -0.2) is 0 Å². The number of hydrogen-bond acceptors (Lipinski definition) is 1. The van der Waals surface area contributed by atoms with Crippen LogP contribution in [0.4, 0.5) is 0 Å². The van der Waals surface area contributed by atoms with E-state index in [4.69, 9.17) is 11.2 Å². The summed E-state index contributed by atoms with van der Waals surface area (Å²) < 4.78 is 5.64. The molecule has 0 aromatic heterocycles. The monoisotopic (exact) mass is 326 g/mol. The van der Waals surface area contributed by atoms with Crippen LogP contribution in [0.15, 0.2) is 78.9 Å². The summed E-state index contributed by atoms with van der Waals surface area (Å²) in [5.74, 6) is 2.60. The summed E-state index contributed by atoms with van der Waals surface area (Å²) >= 11 is 0. The lowest BCUT2D eigenvalue weighted by Crippen LogP contribution is -2.01. The third-order valence-corrected chi connectivity index (χ3v) is 4.21. The molecular formula is C24H22O. The van der Waals surface area contributed by atoms with E-state index < -0.39 is 0 Å². The fourth-order valence-corrected chi connectivity index (χ4v) is 2.91. The lowest BCUT2D eigenvalue weighted by Gasteiger charge is -2.13. The van der Waals surface area contributed by atoms with Crippen molar-refractivity contribution in [3.63, 3.8) is 0 Å². The van der Waals surface area contributed by atoms with Crippen LogP contribution in [0.3, 0.4) is 0 Å². The second kappa shape index (κ2) is 8.87. The van der Waals surface area contributed by atoms with Gasteiger partial charge in [0.25, 0.3) is 0 Å². The van der Waals surface area contributed by atoms with Gasteiger partial charge < -0.3 is 4.74 Å². The van der Waals surface area contributed by atoms with Gasteiger partial charge in [0.15, 0.2) is 0 Å². The Hall–Kier alpha value is -2.82. The molecule has 1 nitrogen and oxygen atoms in total. The van der Waals surface area contributed by atoms with Gasteiger partial charge >= 0.3 is 0 Å². The molecular weight excluding hydrogens is 304 g/mol. The molecule has 0 aliphatic carbocycles. The molecule has 25 heavy (non-hydrogen) atoms. The first kappa shape index (κ1) is 17.0. The minimum Gasteiger partial charge on any atom is -0.380 e. The van der Waals surface area contributed by atoms with E-state index in [0.29, 0.717) is 19.6 Å². The van der Waals surface area contributed by atoms with Gasteiger partial charge in [-0.3, -0.25) is 0 Å². The smallest absolute Gasteiger partial charge is 0.0575 e. The Bertz CT molecular complexity index is 829. The molecule has 0 saturated carbocycles. The molecule has 3 aromatic rings. The summed E-state index contributed by atoms with van der Waals surface area (Å²) in [6.45, 7) is 1.31. The predicted octanol–water partition coefficient (Wildman–Crippen LogP) is 5.60. The van der Waals surface area contributed by atoms with E-state index in [1.165, 1.54) is 27.8 Å². The lowest BCUT2D eigenvalue weighted by atomic mass is 9.93. The number of hydrogen-bond donors (Lipinski definition) is 0. The van der Waals surface area contributed by atoms with Gasteiger partial charge in [0.2, 0.25) is 0 Å². The molecule has 3 aromatic carbocycles. The van der Waals surface area contributed by atoms with Gasteiger partial charge in [0.05, 0.1) is 13.2 Å². The zero-order valence-corrected chi connectivity index (χ0v) is 14.3. The van der Waals surface area contributed by atoms with Crippen LogP contribution in [-0.4, -0.2) is 13.2 Å². The first-order chi connectivity index (χ1) is 12.4. The highest BCUT2D eigenvalue weighted by Gasteiger charge is 2.08. The third-order valence-electron chi connectivity index (χ3n) is 4.21. The number of ether oxygens (including phenoxy) is 1. The van der Waals surface area contributed by atoms with Crippen molar-refractivity contribution in [2.75, 3.05) is 13.2 Å². The first-order valence-corrected chi connectivity index (χ1v) is 8.63. The van der Waals surface area contributed by atoms with Crippen LogP contribution >= 0.6 is 0 Å². The maximum atomic E-state index is 5.64. The van der Waals surface area contributed by atoms with E-state index in [1.807, 2.05) is 12.1 Å². The van der Waals surface area contributed by atoms with Gasteiger partial charge in [-0.2, -0.15) is 0 Å². The molecule has 0 amide bonds. The van der Waals surface area contributed by atoms with Crippen LogP contribution in [0, 0.1) is 12.3 Å². The second-order valence-corrected chi connectivity index (χ2v) is 5.92. The molecule has 124 valence electrons. The van der Waals surface area contributed by atoms with Gasteiger partial charge in [0, 0.05) is 6.42 Å². The van der Waals surface area contributed by atoms with Gasteiger partial charge in [0.1, 0.15) is 0 Å². The summed E-state index contributed by atoms with van der Waals surface area (Å²) in [7, 11) is 0. The Morgan fingerprint density at radius 2 is 1.40 bits per heavy atom. The maximum Gasteiger partial charge on any atom is 0.0575 e. The molecule has 3 rings (SSSR count). The molecule has 0 aliphatic rings. The molecule has 0 heterocycles. The quantitative estimate of drug-likeness (QED) is 0.405. The average Bonchev–Trinajstić information content (AvgIpc) is 2.69. The Kier molecular flexibility index (Phi) is 6.04. The van der Waals surface area contributed by atoms with Gasteiger partial charge in [-0.1, -0.05) is 72.8 Å². The highest BCUT2D eigenvalue weighted by Crippen LogP contribution is 2.30. The Balaban J connectivity index is 1.88. The lowest BCUT2D eigenvalue weighted by molar-refractivity contribution is 0.143. The molecule has 0 unspecified atom stereocenters. The minimum atomic E-state index is 0.624. The number of rotatable bonds is 7. The van der Waals surface area contributed by atoms with E-state index >= 15 is 0 Å². The molecule has 0 saturated heterocycles. The number of terminal acetylenes is 1. The van der Waals surface area contributed by atoms with Crippen molar-refractivity contribution in [3.05, 3.63) is 84.4 Å². The molecule has 1 heteroatoms. The second-order valence-electron chi connectivity index (χ2n) is 5.92. The Morgan fingerprint density at radius 3 is 2.08 bits per heavy atom. The summed E-state index contributed by atoms with van der Waals surface area (Å²) in [5.41, 5.74) is 6.26. The predicted molar refractivity (Wildman–Crippen MR) is 105 cm³/mol. The largest absolute Gasteiger partial charge is 0.380 e. The molecule has 0 fully saturated rings. The zero-order valence-electron chi connectivity index (χ0n) is 14.3. The highest BCUT2D eigenvalue weighted by molar-refractivity contribution is 5.75. The van der Waals surface area contributed by atoms with Crippen molar-refractivity contribution in [2.24, 2.45) is 0 Å². The van der Waals surface area contributed by atoms with Gasteiger partial charge in [-0.05, 0) is 40.3 Å². The minimum absolute atomic E-state index is 0.624. The zero-order chi connectivity index (χ0) is 17.3. The maximum absolute atomic E-state index is 5.64. The molecule has 0 aliphatic heterocycles. The van der Waals surface area contributed by atoms with Crippen LogP contribution in [0.25, 0.3) is 22.3 Å². The molecule has 0 bridgehead atoms. The van der Waals surface area contributed by atoms with Crippen molar-refractivity contribution in [1.29, 1.82) is 0 Å². The van der Waals surface area contributed by atoms with Crippen LogP contribution in [-0.2, 0) is 11.2 Å². The van der Waals surface area contributed by atoms with E-state index in [0.717, 1.165) is 6.42 Å². The van der Waals surface area contributed by atoms with Crippen molar-refractivity contribution in [3.8, 4) is 34.6 Å². The van der Waals surface area contributed by atoms with Crippen molar-refractivity contribution < 1.29 is 4.74 Å². The fourth-order valence-electron chi connectivity index (χ4n) is 2.91. The van der Waals surface area contributed by atoms with Crippen LogP contribution in [0.5, 0.6) is 0 Å². The third kappa shape index (κ3) is 4.59. The summed E-state index contributed by atoms with van der Waals surface area (Å²) in [5, 5.41) is 0. The summed E-state index contributed by atoms with van der Waals surface area (Å²) in [4.78, 5) is 0. The van der Waals surface area contributed by atoms with E-state index in [1.54, 1.807) is 0 Å². The van der Waals surface area contributed by atoms with Gasteiger partial charge in [-0.15, -0.1) is 12.3 Å². The highest BCUT2D eigenvalue weighted by atomic mass is 16.5. The molecule has 0 atom stereocenters.